The topological polar surface area (TPSA) is 25.8 Å². The molecule has 3 aromatic rings. The van der Waals surface area contributed by atoms with E-state index in [1.807, 2.05) is 0 Å². The summed E-state index contributed by atoms with van der Waals surface area (Å²) in [6, 6.07) is 18.9. The van der Waals surface area contributed by atoms with Gasteiger partial charge in [0.15, 0.2) is 0 Å². The summed E-state index contributed by atoms with van der Waals surface area (Å²) in [5.74, 6) is 0. The second-order valence-corrected chi connectivity index (χ2v) is 6.51. The molecule has 0 atom stereocenters. The molecule has 0 aliphatic rings. The van der Waals surface area contributed by atoms with E-state index in [0.717, 1.165) is 22.5 Å². The van der Waals surface area contributed by atoms with E-state index in [-0.39, 0.29) is 0 Å². The normalized spacial score (nSPS) is 10.6. The Hall–Kier alpha value is -1.78. The van der Waals surface area contributed by atoms with E-state index < -0.39 is 0 Å². The largest absolute Gasteiger partial charge is 0.236 e. The molecule has 0 bridgehead atoms. The van der Waals surface area contributed by atoms with Gasteiger partial charge in [0, 0.05) is 20.9 Å². The van der Waals surface area contributed by atoms with Crippen molar-refractivity contribution in [2.45, 2.75) is 9.79 Å². The molecule has 110 valence electrons. The van der Waals surface area contributed by atoms with Crippen molar-refractivity contribution < 1.29 is 0 Å². The van der Waals surface area contributed by atoms with Gasteiger partial charge in [-0.05, 0) is 42.8 Å². The van der Waals surface area contributed by atoms with Crippen molar-refractivity contribution in [1.29, 1.82) is 0 Å². The van der Waals surface area contributed by atoms with Crippen LogP contribution in [0.4, 0.5) is 0 Å². The maximum absolute atomic E-state index is 4.43. The van der Waals surface area contributed by atoms with Crippen molar-refractivity contribution in [2.75, 3.05) is 12.5 Å². The van der Waals surface area contributed by atoms with Gasteiger partial charge in [-0.2, -0.15) is 0 Å². The molecule has 0 saturated heterocycles. The molecule has 0 fully saturated rings. The van der Waals surface area contributed by atoms with Crippen LogP contribution in [0.25, 0.3) is 22.5 Å². The first-order valence-corrected chi connectivity index (χ1v) is 9.36. The van der Waals surface area contributed by atoms with Gasteiger partial charge in [0.2, 0.25) is 0 Å². The number of rotatable bonds is 4. The molecular formula is C18H16N2S2. The van der Waals surface area contributed by atoms with Crippen LogP contribution < -0.4 is 0 Å². The minimum Gasteiger partial charge on any atom is -0.236 e. The summed E-state index contributed by atoms with van der Waals surface area (Å²) < 4.78 is 0. The van der Waals surface area contributed by atoms with E-state index in [9.17, 15) is 0 Å². The zero-order valence-corrected chi connectivity index (χ0v) is 14.1. The fourth-order valence-corrected chi connectivity index (χ4v) is 3.16. The summed E-state index contributed by atoms with van der Waals surface area (Å²) in [6.07, 6.45) is 5.80. The Morgan fingerprint density at radius 2 is 1.18 bits per heavy atom. The highest BCUT2D eigenvalue weighted by Gasteiger charge is 2.05. The summed E-state index contributed by atoms with van der Waals surface area (Å²) in [5.41, 5.74) is 4.15. The molecule has 0 unspecified atom stereocenters. The van der Waals surface area contributed by atoms with Gasteiger partial charge in [-0.25, -0.2) is 9.97 Å². The quantitative estimate of drug-likeness (QED) is 0.612. The molecule has 0 spiro atoms. The first-order valence-electron chi connectivity index (χ1n) is 6.91. The van der Waals surface area contributed by atoms with E-state index in [2.05, 4.69) is 77.1 Å². The van der Waals surface area contributed by atoms with E-state index in [1.165, 1.54) is 9.79 Å². The van der Waals surface area contributed by atoms with Crippen LogP contribution >= 0.6 is 23.5 Å². The third-order valence-electron chi connectivity index (χ3n) is 3.40. The van der Waals surface area contributed by atoms with Gasteiger partial charge < -0.3 is 0 Å². The van der Waals surface area contributed by atoms with Gasteiger partial charge in [0.05, 0.1) is 11.4 Å². The van der Waals surface area contributed by atoms with Crippen LogP contribution in [0.2, 0.25) is 0 Å². The smallest absolute Gasteiger partial charge is 0.116 e. The fraction of sp³-hybridized carbons (Fsp3) is 0.111. The molecule has 4 heteroatoms. The number of benzene rings is 2. The molecule has 1 aromatic heterocycles. The van der Waals surface area contributed by atoms with E-state index >= 15 is 0 Å². The lowest BCUT2D eigenvalue weighted by Crippen LogP contribution is -1.89. The van der Waals surface area contributed by atoms with Gasteiger partial charge in [-0.3, -0.25) is 0 Å². The maximum atomic E-state index is 4.43. The second-order valence-electron chi connectivity index (χ2n) is 4.75. The average Bonchev–Trinajstić information content (AvgIpc) is 2.62. The van der Waals surface area contributed by atoms with Crippen LogP contribution in [0, 0.1) is 0 Å². The summed E-state index contributed by atoms with van der Waals surface area (Å²) in [7, 11) is 0. The Bertz CT molecular complexity index is 725. The Morgan fingerprint density at radius 3 is 1.64 bits per heavy atom. The summed E-state index contributed by atoms with van der Waals surface area (Å²) in [4.78, 5) is 11.3. The summed E-state index contributed by atoms with van der Waals surface area (Å²) in [6.45, 7) is 0. The lowest BCUT2D eigenvalue weighted by Gasteiger charge is -2.06. The molecule has 1 heterocycles. The zero-order valence-electron chi connectivity index (χ0n) is 12.5. The number of thioether (sulfide) groups is 2. The van der Waals surface area contributed by atoms with Crippen molar-refractivity contribution in [2.24, 2.45) is 0 Å². The van der Waals surface area contributed by atoms with Gasteiger partial charge in [0.1, 0.15) is 6.33 Å². The predicted molar refractivity (Wildman–Crippen MR) is 96.5 cm³/mol. The molecule has 0 aliphatic heterocycles. The number of hydrogen-bond acceptors (Lipinski definition) is 4. The molecule has 0 aliphatic carbocycles. The fourth-order valence-electron chi connectivity index (χ4n) is 2.24. The molecule has 0 amide bonds. The average molecular weight is 324 g/mol. The first kappa shape index (κ1) is 15.1. The van der Waals surface area contributed by atoms with Crippen LogP contribution in [0.15, 0.2) is 70.7 Å². The van der Waals surface area contributed by atoms with Crippen molar-refractivity contribution in [3.63, 3.8) is 0 Å². The van der Waals surface area contributed by atoms with Gasteiger partial charge >= 0.3 is 0 Å². The summed E-state index contributed by atoms with van der Waals surface area (Å²) in [5, 5.41) is 0. The molecular weight excluding hydrogens is 308 g/mol. The Morgan fingerprint density at radius 1 is 0.682 bits per heavy atom. The van der Waals surface area contributed by atoms with Crippen LogP contribution in [-0.2, 0) is 0 Å². The van der Waals surface area contributed by atoms with Crippen molar-refractivity contribution in [1.82, 2.24) is 9.97 Å². The Labute approximate surface area is 139 Å². The highest BCUT2D eigenvalue weighted by Crippen LogP contribution is 2.27. The molecule has 3 rings (SSSR count). The monoisotopic (exact) mass is 324 g/mol. The molecule has 2 aromatic carbocycles. The zero-order chi connectivity index (χ0) is 15.4. The molecule has 2 nitrogen and oxygen atoms in total. The van der Waals surface area contributed by atoms with E-state index in [4.69, 9.17) is 0 Å². The Balaban J connectivity index is 2.01. The van der Waals surface area contributed by atoms with Crippen molar-refractivity contribution in [3.8, 4) is 22.5 Å². The SMILES string of the molecule is CSc1cccc(-c2cc(-c3cccc(SC)c3)ncn2)c1. The lowest BCUT2D eigenvalue weighted by molar-refractivity contribution is 1.17. The van der Waals surface area contributed by atoms with Crippen LogP contribution in [0.5, 0.6) is 0 Å². The number of aromatic nitrogens is 2. The maximum Gasteiger partial charge on any atom is 0.116 e. The number of nitrogens with zero attached hydrogens (tertiary/aromatic N) is 2. The second kappa shape index (κ2) is 6.99. The van der Waals surface area contributed by atoms with E-state index in [1.54, 1.807) is 29.9 Å². The van der Waals surface area contributed by atoms with Crippen LogP contribution in [-0.4, -0.2) is 22.5 Å². The minimum absolute atomic E-state index is 0.954. The van der Waals surface area contributed by atoms with Gasteiger partial charge in [0.25, 0.3) is 0 Å². The van der Waals surface area contributed by atoms with Gasteiger partial charge in [-0.15, -0.1) is 23.5 Å². The third-order valence-corrected chi connectivity index (χ3v) is 4.85. The number of hydrogen-bond donors (Lipinski definition) is 0. The van der Waals surface area contributed by atoms with Gasteiger partial charge in [-0.1, -0.05) is 24.3 Å². The first-order chi connectivity index (χ1) is 10.8. The Kier molecular flexibility index (Phi) is 4.80. The standard InChI is InChI=1S/C18H16N2S2/c1-21-15-7-3-5-13(9-15)17-11-18(20-12-19-17)14-6-4-8-16(10-14)22-2/h3-12H,1-2H3. The molecule has 0 radical (unpaired) electrons. The van der Waals surface area contributed by atoms with Crippen molar-refractivity contribution in [3.05, 3.63) is 60.9 Å². The molecule has 0 saturated carbocycles. The highest BCUT2D eigenvalue weighted by atomic mass is 32.2. The lowest BCUT2D eigenvalue weighted by atomic mass is 10.1. The van der Waals surface area contributed by atoms with Crippen LogP contribution in [0.1, 0.15) is 0 Å². The third kappa shape index (κ3) is 3.34. The van der Waals surface area contributed by atoms with Crippen molar-refractivity contribution >= 4 is 23.5 Å². The van der Waals surface area contributed by atoms with E-state index in [0.29, 0.717) is 0 Å². The predicted octanol–water partition coefficient (Wildman–Crippen LogP) is 5.25. The van der Waals surface area contributed by atoms with Crippen LogP contribution in [0.3, 0.4) is 0 Å². The molecule has 22 heavy (non-hydrogen) atoms. The summed E-state index contributed by atoms with van der Waals surface area (Å²) >= 11 is 3.47. The minimum atomic E-state index is 0.954. The highest BCUT2D eigenvalue weighted by molar-refractivity contribution is 7.98. The molecule has 0 N–H and O–H groups in total.